The Balaban J connectivity index is 1.49. The zero-order chi connectivity index (χ0) is 39.0. The normalized spacial score (nSPS) is 17.1. The summed E-state index contributed by atoms with van der Waals surface area (Å²) in [5.74, 6) is -4.50. The van der Waals surface area contributed by atoms with Gasteiger partial charge in [-0.05, 0) is 36.3 Å². The van der Waals surface area contributed by atoms with Crippen LogP contribution in [-0.4, -0.2) is 56.4 Å². The number of nitrogens with zero attached hydrogens (tertiary/aromatic N) is 1. The summed E-state index contributed by atoms with van der Waals surface area (Å²) in [7, 11) is 0. The number of aromatic amines is 2. The summed E-state index contributed by atoms with van der Waals surface area (Å²) in [6.45, 7) is 9.25. The fourth-order valence-electron chi connectivity index (χ4n) is 7.76. The highest BCUT2D eigenvalue weighted by molar-refractivity contribution is 6.08. The lowest BCUT2D eigenvalue weighted by atomic mass is 9.73. The fourth-order valence-corrected chi connectivity index (χ4v) is 7.76. The van der Waals surface area contributed by atoms with Crippen molar-refractivity contribution in [2.24, 2.45) is 0 Å². The fraction of sp³-hybridized carbons (Fsp3) is 0.256. The summed E-state index contributed by atoms with van der Waals surface area (Å²) in [6, 6.07) is 6.21. The van der Waals surface area contributed by atoms with Crippen LogP contribution < -0.4 is 18.9 Å². The van der Waals surface area contributed by atoms with E-state index < -0.39 is 47.0 Å². The Morgan fingerprint density at radius 3 is 1.72 bits per heavy atom. The Kier molecular flexibility index (Phi) is 8.39. The minimum atomic E-state index is -1.32. The minimum absolute atomic E-state index is 0.00128. The number of ketones is 1. The van der Waals surface area contributed by atoms with E-state index in [-0.39, 0.29) is 41.6 Å². The molecule has 4 aromatic rings. The van der Waals surface area contributed by atoms with Crippen LogP contribution in [0.15, 0.2) is 59.1 Å². The van der Waals surface area contributed by atoms with Crippen LogP contribution in [0.4, 0.5) is 0 Å². The van der Waals surface area contributed by atoms with E-state index in [2.05, 4.69) is 9.97 Å². The van der Waals surface area contributed by atoms with Gasteiger partial charge in [-0.2, -0.15) is 0 Å². The van der Waals surface area contributed by atoms with E-state index >= 15 is 0 Å². The average Bonchev–Trinajstić information content (AvgIpc) is 3.72. The maximum Gasteiger partial charge on any atom is 0.308 e. The Morgan fingerprint density at radius 2 is 1.20 bits per heavy atom. The third-order valence-electron chi connectivity index (χ3n) is 9.40. The highest BCUT2D eigenvalue weighted by atomic mass is 16.6. The second-order valence-electron chi connectivity index (χ2n) is 13.2. The quantitative estimate of drug-likeness (QED) is 0.196. The van der Waals surface area contributed by atoms with Gasteiger partial charge in [0, 0.05) is 123 Å². The molecule has 15 nitrogen and oxygen atoms in total. The van der Waals surface area contributed by atoms with Crippen molar-refractivity contribution in [1.82, 2.24) is 14.9 Å². The predicted molar refractivity (Wildman–Crippen MR) is 188 cm³/mol. The van der Waals surface area contributed by atoms with E-state index in [9.17, 15) is 33.6 Å². The van der Waals surface area contributed by atoms with Gasteiger partial charge in [0.15, 0.2) is 28.8 Å². The highest BCUT2D eigenvalue weighted by Crippen LogP contribution is 2.61. The molecule has 1 unspecified atom stereocenters. The van der Waals surface area contributed by atoms with E-state index in [0.29, 0.717) is 55.7 Å². The van der Waals surface area contributed by atoms with Crippen molar-refractivity contribution >= 4 is 63.3 Å². The molecule has 2 N–H and O–H groups in total. The zero-order valence-electron chi connectivity index (χ0n) is 30.2. The number of H-pyrrole nitrogens is 2. The van der Waals surface area contributed by atoms with Gasteiger partial charge in [-0.25, -0.2) is 0 Å². The molecule has 0 saturated heterocycles. The first-order valence-electron chi connectivity index (χ1n) is 16.8. The number of rotatable bonds is 7. The highest BCUT2D eigenvalue weighted by Gasteiger charge is 2.58. The standard InChI is InChI=1S/C39H33N3O12/c1-16-23(24-9-32(50-18(3)44)34(52-20(5)46)12-27(24)40-16)8-30-26-11-29-38(25-10-33(51-19(4)45)35(53-21(6)47)13-28(25)41-29)39(26)15-36(54-22(7)48)31(49)14-37(39)42(30)17(2)43/h9-10,12-15,40-41H,8,11H2,1-7H3. The summed E-state index contributed by atoms with van der Waals surface area (Å²) in [4.78, 5) is 95.8. The molecule has 276 valence electrons. The number of aryl methyl sites for hydroxylation is 1. The van der Waals surface area contributed by atoms with Crippen molar-refractivity contribution in [3.05, 3.63) is 81.7 Å². The molecule has 0 bridgehead atoms. The Hall–Kier alpha value is -6.77. The number of hydrogen-bond acceptors (Lipinski definition) is 12. The molecule has 3 heterocycles. The molecule has 15 heteroatoms. The lowest BCUT2D eigenvalue weighted by molar-refractivity contribution is -0.139. The largest absolute Gasteiger partial charge is 0.423 e. The number of fused-ring (bicyclic) bond motifs is 4. The maximum atomic E-state index is 13.7. The van der Waals surface area contributed by atoms with Crippen LogP contribution in [0.3, 0.4) is 0 Å². The van der Waals surface area contributed by atoms with Gasteiger partial charge in [0.25, 0.3) is 0 Å². The number of carbonyl (C=O) groups is 7. The SMILES string of the molecule is CC(=O)OC1=CC23C(=CC1=O)N(C(C)=O)C(Cc1c(C)[nH]c4cc(OC(C)=O)c(OC(C)=O)cc14)=C2Cc1[nH]c2cc(OC(C)=O)c(OC(C)=O)cc2c13. The smallest absolute Gasteiger partial charge is 0.308 e. The van der Waals surface area contributed by atoms with Crippen LogP contribution in [0.25, 0.3) is 21.8 Å². The van der Waals surface area contributed by atoms with Gasteiger partial charge < -0.3 is 33.7 Å². The number of aromatic nitrogens is 2. The lowest BCUT2D eigenvalue weighted by Crippen LogP contribution is -2.36. The van der Waals surface area contributed by atoms with Crippen LogP contribution in [0.5, 0.6) is 23.0 Å². The molecule has 7 rings (SSSR count). The Bertz CT molecular complexity index is 2540. The summed E-state index contributed by atoms with van der Waals surface area (Å²) >= 11 is 0. The van der Waals surface area contributed by atoms with Gasteiger partial charge in [0.1, 0.15) is 0 Å². The van der Waals surface area contributed by atoms with Crippen LogP contribution >= 0.6 is 0 Å². The molecular formula is C39H33N3O12. The molecule has 54 heavy (non-hydrogen) atoms. The molecule has 1 aliphatic heterocycles. The number of hydrogen-bond donors (Lipinski definition) is 2. The van der Waals surface area contributed by atoms with Crippen molar-refractivity contribution in [1.29, 1.82) is 0 Å². The lowest BCUT2D eigenvalue weighted by Gasteiger charge is -2.33. The average molecular weight is 736 g/mol. The number of carbonyl (C=O) groups excluding carboxylic acids is 7. The van der Waals surface area contributed by atoms with Crippen LogP contribution in [0.1, 0.15) is 64.1 Å². The van der Waals surface area contributed by atoms with Gasteiger partial charge in [0.05, 0.1) is 5.41 Å². The molecule has 1 spiro atoms. The molecule has 2 aromatic carbocycles. The zero-order valence-corrected chi connectivity index (χ0v) is 30.2. The molecule has 3 aliphatic rings. The molecule has 0 fully saturated rings. The van der Waals surface area contributed by atoms with Gasteiger partial charge in [-0.3, -0.25) is 38.5 Å². The molecule has 2 aliphatic carbocycles. The Morgan fingerprint density at radius 1 is 0.704 bits per heavy atom. The van der Waals surface area contributed by atoms with Crippen LogP contribution in [0.2, 0.25) is 0 Å². The van der Waals surface area contributed by atoms with E-state index in [4.69, 9.17) is 23.7 Å². The van der Waals surface area contributed by atoms with Gasteiger partial charge in [-0.15, -0.1) is 0 Å². The van der Waals surface area contributed by atoms with E-state index in [1.165, 1.54) is 58.6 Å². The number of benzene rings is 2. The van der Waals surface area contributed by atoms with Crippen molar-refractivity contribution < 1.29 is 57.2 Å². The predicted octanol–water partition coefficient (Wildman–Crippen LogP) is 4.73. The number of amides is 1. The van der Waals surface area contributed by atoms with E-state index in [1.807, 2.05) is 6.92 Å². The first-order chi connectivity index (χ1) is 25.5. The summed E-state index contributed by atoms with van der Waals surface area (Å²) in [6.07, 6.45) is 3.20. The minimum Gasteiger partial charge on any atom is -0.423 e. The van der Waals surface area contributed by atoms with E-state index in [1.54, 1.807) is 24.3 Å². The second-order valence-corrected chi connectivity index (χ2v) is 13.2. The van der Waals surface area contributed by atoms with Crippen molar-refractivity contribution in [2.45, 2.75) is 66.7 Å². The topological polar surface area (TPSA) is 200 Å². The van der Waals surface area contributed by atoms with E-state index in [0.717, 1.165) is 5.56 Å². The van der Waals surface area contributed by atoms with Gasteiger partial charge in [-0.1, -0.05) is 0 Å². The van der Waals surface area contributed by atoms with Crippen molar-refractivity contribution in [3.63, 3.8) is 0 Å². The van der Waals surface area contributed by atoms with Crippen LogP contribution in [-0.2, 0) is 56.6 Å². The Labute approximate surface area is 306 Å². The number of esters is 5. The summed E-state index contributed by atoms with van der Waals surface area (Å²) < 4.78 is 27.0. The molecule has 0 saturated carbocycles. The van der Waals surface area contributed by atoms with Crippen molar-refractivity contribution in [2.75, 3.05) is 0 Å². The van der Waals surface area contributed by atoms with Gasteiger partial charge >= 0.3 is 29.8 Å². The second kappa shape index (κ2) is 12.7. The number of nitrogens with one attached hydrogen (secondary N) is 2. The molecular weight excluding hydrogens is 702 g/mol. The third kappa shape index (κ3) is 5.73. The number of ether oxygens (including phenoxy) is 5. The molecule has 0 radical (unpaired) electrons. The number of allylic oxidation sites excluding steroid dienone is 3. The maximum absolute atomic E-state index is 13.7. The van der Waals surface area contributed by atoms with Crippen LogP contribution in [0, 0.1) is 6.92 Å². The third-order valence-corrected chi connectivity index (χ3v) is 9.40. The molecule has 1 atom stereocenters. The first kappa shape index (κ1) is 35.6. The monoisotopic (exact) mass is 735 g/mol. The molecule has 2 aromatic heterocycles. The molecule has 1 amide bonds. The summed E-state index contributed by atoms with van der Waals surface area (Å²) in [5, 5.41) is 1.15. The van der Waals surface area contributed by atoms with Gasteiger partial charge in [0.2, 0.25) is 11.7 Å². The summed E-state index contributed by atoms with van der Waals surface area (Å²) in [5.41, 5.74) is 4.01. The first-order valence-corrected chi connectivity index (χ1v) is 16.8. The van der Waals surface area contributed by atoms with Crippen molar-refractivity contribution in [3.8, 4) is 23.0 Å².